The average molecular weight is 405 g/mol. The van der Waals surface area contributed by atoms with Gasteiger partial charge in [0.05, 0.1) is 12.2 Å². The number of hydrogen-bond acceptors (Lipinski definition) is 4. The Bertz CT molecular complexity index is 1080. The smallest absolute Gasteiger partial charge is 0.196 e. The summed E-state index contributed by atoms with van der Waals surface area (Å²) in [5.41, 5.74) is 2.47. The molecule has 4 aromatic rings. The van der Waals surface area contributed by atoms with Gasteiger partial charge in [-0.25, -0.2) is 4.39 Å². The Balaban J connectivity index is 1.60. The Morgan fingerprint density at radius 2 is 1.62 bits per heavy atom. The molecule has 29 heavy (non-hydrogen) atoms. The standard InChI is InChI=1S/C23H20FN3OS/c1-17-11-13-18(14-12-17)27-22(20-9-5-6-10-21(20)24)25-26-23(27)29-16-15-28-19-7-3-2-4-8-19/h2-14H,15-16H2,1H3. The van der Waals surface area contributed by atoms with Gasteiger partial charge in [0.2, 0.25) is 0 Å². The minimum atomic E-state index is -0.322. The Labute approximate surface area is 173 Å². The van der Waals surface area contributed by atoms with Gasteiger partial charge in [-0.3, -0.25) is 4.57 Å². The molecule has 4 rings (SSSR count). The highest BCUT2D eigenvalue weighted by Gasteiger charge is 2.18. The molecule has 0 N–H and O–H groups in total. The van der Waals surface area contributed by atoms with Crippen LogP contribution in [0.3, 0.4) is 0 Å². The summed E-state index contributed by atoms with van der Waals surface area (Å²) in [5.74, 6) is 1.69. The number of hydrogen-bond donors (Lipinski definition) is 0. The molecular weight excluding hydrogens is 385 g/mol. The van der Waals surface area contributed by atoms with Gasteiger partial charge in [-0.05, 0) is 43.3 Å². The number of rotatable bonds is 7. The van der Waals surface area contributed by atoms with E-state index >= 15 is 0 Å². The van der Waals surface area contributed by atoms with E-state index < -0.39 is 0 Å². The lowest BCUT2D eigenvalue weighted by atomic mass is 10.2. The lowest BCUT2D eigenvalue weighted by Gasteiger charge is -2.11. The Morgan fingerprint density at radius 1 is 0.897 bits per heavy atom. The number of nitrogens with zero attached hydrogens (tertiary/aromatic N) is 3. The van der Waals surface area contributed by atoms with Crippen LogP contribution in [0.5, 0.6) is 5.75 Å². The van der Waals surface area contributed by atoms with Crippen molar-refractivity contribution in [2.24, 2.45) is 0 Å². The van der Waals surface area contributed by atoms with Crippen LogP contribution in [0.15, 0.2) is 84.0 Å². The van der Waals surface area contributed by atoms with E-state index in [2.05, 4.69) is 10.2 Å². The second-order valence-corrected chi connectivity index (χ2v) is 7.53. The van der Waals surface area contributed by atoms with Crippen LogP contribution in [0.1, 0.15) is 5.56 Å². The number of benzene rings is 3. The number of ether oxygens (including phenoxy) is 1. The lowest BCUT2D eigenvalue weighted by Crippen LogP contribution is -2.04. The molecule has 0 aliphatic heterocycles. The molecule has 146 valence electrons. The third-order valence-electron chi connectivity index (χ3n) is 4.37. The van der Waals surface area contributed by atoms with Crippen LogP contribution >= 0.6 is 11.8 Å². The molecule has 0 aliphatic rings. The van der Waals surface area contributed by atoms with Crippen LogP contribution < -0.4 is 4.74 Å². The minimum Gasteiger partial charge on any atom is -0.493 e. The highest BCUT2D eigenvalue weighted by atomic mass is 32.2. The Morgan fingerprint density at radius 3 is 2.38 bits per heavy atom. The van der Waals surface area contributed by atoms with Gasteiger partial charge in [0, 0.05) is 11.4 Å². The predicted molar refractivity (Wildman–Crippen MR) is 114 cm³/mol. The number of aryl methyl sites for hydroxylation is 1. The van der Waals surface area contributed by atoms with Gasteiger partial charge >= 0.3 is 0 Å². The SMILES string of the molecule is Cc1ccc(-n2c(SCCOc3ccccc3)nnc2-c2ccccc2F)cc1. The summed E-state index contributed by atoms with van der Waals surface area (Å²) in [7, 11) is 0. The molecule has 0 amide bonds. The Kier molecular flexibility index (Phi) is 5.91. The average Bonchev–Trinajstić information content (AvgIpc) is 3.16. The van der Waals surface area contributed by atoms with Gasteiger partial charge in [0.15, 0.2) is 11.0 Å². The van der Waals surface area contributed by atoms with E-state index in [1.165, 1.54) is 17.8 Å². The summed E-state index contributed by atoms with van der Waals surface area (Å²) in [4.78, 5) is 0. The molecule has 4 nitrogen and oxygen atoms in total. The van der Waals surface area contributed by atoms with E-state index in [9.17, 15) is 4.39 Å². The van der Waals surface area contributed by atoms with E-state index in [4.69, 9.17) is 4.74 Å². The maximum Gasteiger partial charge on any atom is 0.196 e. The van der Waals surface area contributed by atoms with Gasteiger partial charge < -0.3 is 4.74 Å². The van der Waals surface area contributed by atoms with Crippen molar-refractivity contribution in [3.8, 4) is 22.8 Å². The van der Waals surface area contributed by atoms with Crippen molar-refractivity contribution in [3.05, 3.63) is 90.2 Å². The predicted octanol–water partition coefficient (Wildman–Crippen LogP) is 5.55. The van der Waals surface area contributed by atoms with Crippen LogP contribution in [-0.2, 0) is 0 Å². The second-order valence-electron chi connectivity index (χ2n) is 6.47. The van der Waals surface area contributed by atoms with E-state index in [0.717, 1.165) is 17.0 Å². The zero-order valence-corrected chi connectivity index (χ0v) is 16.8. The second kappa shape index (κ2) is 8.92. The van der Waals surface area contributed by atoms with Crippen molar-refractivity contribution in [3.63, 3.8) is 0 Å². The van der Waals surface area contributed by atoms with E-state index in [-0.39, 0.29) is 5.82 Å². The third kappa shape index (κ3) is 4.49. The summed E-state index contributed by atoms with van der Waals surface area (Å²) < 4.78 is 22.1. The summed E-state index contributed by atoms with van der Waals surface area (Å²) >= 11 is 1.53. The monoisotopic (exact) mass is 405 g/mol. The number of aromatic nitrogens is 3. The first-order valence-electron chi connectivity index (χ1n) is 9.30. The molecule has 0 atom stereocenters. The van der Waals surface area contributed by atoms with Crippen molar-refractivity contribution < 1.29 is 9.13 Å². The molecule has 0 saturated heterocycles. The molecule has 0 spiro atoms. The van der Waals surface area contributed by atoms with Crippen molar-refractivity contribution >= 4 is 11.8 Å². The number of para-hydroxylation sites is 1. The first kappa shape index (κ1) is 19.2. The first-order valence-corrected chi connectivity index (χ1v) is 10.3. The Hall–Kier alpha value is -3.12. The summed E-state index contributed by atoms with van der Waals surface area (Å²) in [6.45, 7) is 2.56. The fourth-order valence-corrected chi connectivity index (χ4v) is 3.68. The molecule has 1 aromatic heterocycles. The zero-order valence-electron chi connectivity index (χ0n) is 16.0. The van der Waals surface area contributed by atoms with Gasteiger partial charge in [-0.2, -0.15) is 0 Å². The van der Waals surface area contributed by atoms with Crippen LogP contribution in [0.2, 0.25) is 0 Å². The molecule has 0 fully saturated rings. The fraction of sp³-hybridized carbons (Fsp3) is 0.130. The van der Waals surface area contributed by atoms with Gasteiger partial charge in [0.1, 0.15) is 11.6 Å². The van der Waals surface area contributed by atoms with Gasteiger partial charge in [-0.15, -0.1) is 10.2 Å². The molecule has 1 heterocycles. The topological polar surface area (TPSA) is 39.9 Å². The molecule has 0 saturated carbocycles. The number of halogens is 1. The first-order chi connectivity index (χ1) is 14.2. The van der Waals surface area contributed by atoms with Crippen molar-refractivity contribution in [2.75, 3.05) is 12.4 Å². The fourth-order valence-electron chi connectivity index (χ4n) is 2.92. The van der Waals surface area contributed by atoms with Crippen LogP contribution in [0.4, 0.5) is 4.39 Å². The molecule has 0 bridgehead atoms. The zero-order chi connectivity index (χ0) is 20.1. The van der Waals surface area contributed by atoms with Crippen LogP contribution in [0.25, 0.3) is 17.1 Å². The van der Waals surface area contributed by atoms with Crippen molar-refractivity contribution in [1.82, 2.24) is 14.8 Å². The molecule has 3 aromatic carbocycles. The molecular formula is C23H20FN3OS. The molecule has 0 radical (unpaired) electrons. The summed E-state index contributed by atoms with van der Waals surface area (Å²) in [6, 6.07) is 24.3. The van der Waals surface area contributed by atoms with Gasteiger partial charge in [-0.1, -0.05) is 59.8 Å². The third-order valence-corrected chi connectivity index (χ3v) is 5.26. The van der Waals surface area contributed by atoms with Gasteiger partial charge in [0.25, 0.3) is 0 Å². The normalized spacial score (nSPS) is 10.8. The molecule has 6 heteroatoms. The van der Waals surface area contributed by atoms with Crippen molar-refractivity contribution in [2.45, 2.75) is 12.1 Å². The van der Waals surface area contributed by atoms with E-state index in [1.807, 2.05) is 66.1 Å². The minimum absolute atomic E-state index is 0.322. The van der Waals surface area contributed by atoms with Crippen LogP contribution in [-0.4, -0.2) is 27.1 Å². The lowest BCUT2D eigenvalue weighted by molar-refractivity contribution is 0.344. The highest BCUT2D eigenvalue weighted by molar-refractivity contribution is 7.99. The molecule has 0 aliphatic carbocycles. The van der Waals surface area contributed by atoms with Crippen LogP contribution in [0, 0.1) is 12.7 Å². The quantitative estimate of drug-likeness (QED) is 0.298. The van der Waals surface area contributed by atoms with E-state index in [1.54, 1.807) is 18.2 Å². The van der Waals surface area contributed by atoms with Crippen molar-refractivity contribution in [1.29, 1.82) is 0 Å². The van der Waals surface area contributed by atoms with E-state index in [0.29, 0.717) is 28.9 Å². The largest absolute Gasteiger partial charge is 0.493 e. The number of thioether (sulfide) groups is 1. The summed E-state index contributed by atoms with van der Waals surface area (Å²) in [6.07, 6.45) is 0. The highest BCUT2D eigenvalue weighted by Crippen LogP contribution is 2.29. The maximum atomic E-state index is 14.4. The maximum absolute atomic E-state index is 14.4. The molecule has 0 unspecified atom stereocenters. The summed E-state index contributed by atoms with van der Waals surface area (Å²) in [5, 5.41) is 9.32.